The summed E-state index contributed by atoms with van der Waals surface area (Å²) in [6.45, 7) is 2.56. The number of fused-ring (bicyclic) bond motifs is 1. The third kappa shape index (κ3) is 4.12. The van der Waals surface area contributed by atoms with E-state index in [2.05, 4.69) is 39.6 Å². The number of aryl methyl sites for hydroxylation is 1. The van der Waals surface area contributed by atoms with Crippen molar-refractivity contribution in [3.05, 3.63) is 102 Å². The van der Waals surface area contributed by atoms with Gasteiger partial charge in [-0.25, -0.2) is 0 Å². The summed E-state index contributed by atoms with van der Waals surface area (Å²) in [6.07, 6.45) is 4.18. The summed E-state index contributed by atoms with van der Waals surface area (Å²) >= 11 is 0. The van der Waals surface area contributed by atoms with E-state index in [1.54, 1.807) is 12.4 Å². The molecule has 4 heteroatoms. The van der Waals surface area contributed by atoms with E-state index in [0.29, 0.717) is 13.0 Å². The lowest BCUT2D eigenvalue weighted by atomic mass is 9.91. The summed E-state index contributed by atoms with van der Waals surface area (Å²) in [6, 6.07) is 22.2. The van der Waals surface area contributed by atoms with Crippen molar-refractivity contribution in [2.75, 3.05) is 0 Å². The molecule has 28 heavy (non-hydrogen) atoms. The molecule has 2 aromatic carbocycles. The quantitative estimate of drug-likeness (QED) is 0.525. The summed E-state index contributed by atoms with van der Waals surface area (Å²) in [7, 11) is 0. The first-order valence-corrected chi connectivity index (χ1v) is 9.49. The number of amides is 1. The summed E-state index contributed by atoms with van der Waals surface area (Å²) in [5, 5.41) is 4.29. The molecule has 4 rings (SSSR count). The standard InChI is InChI=1S/C24H23N3O/c1-17-13-21-14-19(7-8-23(21)27-17)16-26-24(28)22(20-5-3-2-4-6-20)15-18-9-11-25-12-10-18/h2-14,22,27H,15-16H2,1H3,(H,26,28). The number of hydrogen-bond donors (Lipinski definition) is 2. The molecule has 0 aliphatic heterocycles. The number of nitrogens with one attached hydrogen (secondary N) is 2. The molecule has 0 aliphatic carbocycles. The molecule has 0 aliphatic rings. The van der Waals surface area contributed by atoms with Crippen LogP contribution in [0.4, 0.5) is 0 Å². The Bertz CT molecular complexity index is 1070. The van der Waals surface area contributed by atoms with Crippen LogP contribution in [0.1, 0.15) is 28.3 Å². The highest BCUT2D eigenvalue weighted by molar-refractivity contribution is 5.84. The normalized spacial score (nSPS) is 12.0. The SMILES string of the molecule is Cc1cc2cc(CNC(=O)C(Cc3ccncc3)c3ccccc3)ccc2[nH]1. The zero-order valence-electron chi connectivity index (χ0n) is 15.9. The lowest BCUT2D eigenvalue weighted by molar-refractivity contribution is -0.122. The molecule has 0 bridgehead atoms. The molecule has 0 saturated carbocycles. The molecule has 2 aromatic heterocycles. The maximum Gasteiger partial charge on any atom is 0.228 e. The van der Waals surface area contributed by atoms with Crippen molar-refractivity contribution in [3.8, 4) is 0 Å². The van der Waals surface area contributed by atoms with Crippen LogP contribution in [-0.4, -0.2) is 15.9 Å². The van der Waals surface area contributed by atoms with E-state index in [4.69, 9.17) is 0 Å². The Balaban J connectivity index is 1.51. The van der Waals surface area contributed by atoms with Crippen LogP contribution >= 0.6 is 0 Å². The van der Waals surface area contributed by atoms with Crippen LogP contribution in [0.2, 0.25) is 0 Å². The Labute approximate surface area is 164 Å². The van der Waals surface area contributed by atoms with Gasteiger partial charge in [-0.05, 0) is 65.8 Å². The van der Waals surface area contributed by atoms with Gasteiger partial charge >= 0.3 is 0 Å². The highest BCUT2D eigenvalue weighted by Gasteiger charge is 2.20. The first-order valence-electron chi connectivity index (χ1n) is 9.49. The fourth-order valence-electron chi connectivity index (χ4n) is 3.55. The minimum absolute atomic E-state index is 0.0355. The van der Waals surface area contributed by atoms with E-state index in [1.165, 1.54) is 5.39 Å². The van der Waals surface area contributed by atoms with Crippen molar-refractivity contribution in [2.45, 2.75) is 25.8 Å². The Morgan fingerprint density at radius 3 is 2.57 bits per heavy atom. The van der Waals surface area contributed by atoms with Gasteiger partial charge in [0.05, 0.1) is 5.92 Å². The molecule has 140 valence electrons. The van der Waals surface area contributed by atoms with Crippen LogP contribution in [0, 0.1) is 6.92 Å². The second-order valence-corrected chi connectivity index (χ2v) is 7.11. The summed E-state index contributed by atoms with van der Waals surface area (Å²) in [4.78, 5) is 20.5. The average Bonchev–Trinajstić information content (AvgIpc) is 3.11. The number of hydrogen-bond acceptors (Lipinski definition) is 2. The van der Waals surface area contributed by atoms with E-state index in [-0.39, 0.29) is 11.8 Å². The minimum Gasteiger partial charge on any atom is -0.359 e. The number of nitrogens with zero attached hydrogens (tertiary/aromatic N) is 1. The van der Waals surface area contributed by atoms with E-state index in [0.717, 1.165) is 27.9 Å². The number of H-pyrrole nitrogens is 1. The van der Waals surface area contributed by atoms with Crippen molar-refractivity contribution in [1.29, 1.82) is 0 Å². The maximum atomic E-state index is 13.1. The van der Waals surface area contributed by atoms with E-state index in [9.17, 15) is 4.79 Å². The summed E-state index contributed by atoms with van der Waals surface area (Å²) in [5.41, 5.74) is 5.47. The summed E-state index contributed by atoms with van der Waals surface area (Å²) < 4.78 is 0. The second-order valence-electron chi connectivity index (χ2n) is 7.11. The van der Waals surface area contributed by atoms with Crippen molar-refractivity contribution in [1.82, 2.24) is 15.3 Å². The van der Waals surface area contributed by atoms with Gasteiger partial charge in [0, 0.05) is 30.1 Å². The molecule has 4 nitrogen and oxygen atoms in total. The fraction of sp³-hybridized carbons (Fsp3) is 0.167. The van der Waals surface area contributed by atoms with Gasteiger partial charge < -0.3 is 10.3 Å². The first kappa shape index (κ1) is 18.0. The average molecular weight is 369 g/mol. The van der Waals surface area contributed by atoms with Crippen molar-refractivity contribution >= 4 is 16.8 Å². The lowest BCUT2D eigenvalue weighted by Gasteiger charge is -2.17. The molecule has 2 N–H and O–H groups in total. The molecule has 0 radical (unpaired) electrons. The van der Waals surface area contributed by atoms with Gasteiger partial charge in [-0.3, -0.25) is 9.78 Å². The van der Waals surface area contributed by atoms with Crippen LogP contribution in [0.3, 0.4) is 0 Å². The smallest absolute Gasteiger partial charge is 0.228 e. The Morgan fingerprint density at radius 2 is 1.79 bits per heavy atom. The number of benzene rings is 2. The Morgan fingerprint density at radius 1 is 1.00 bits per heavy atom. The number of aromatic amines is 1. The number of rotatable bonds is 6. The highest BCUT2D eigenvalue weighted by Crippen LogP contribution is 2.22. The molecule has 1 amide bonds. The molecular weight excluding hydrogens is 346 g/mol. The van der Waals surface area contributed by atoms with Crippen LogP contribution in [0.25, 0.3) is 10.9 Å². The van der Waals surface area contributed by atoms with Crippen LogP contribution < -0.4 is 5.32 Å². The van der Waals surface area contributed by atoms with E-state index >= 15 is 0 Å². The number of pyridine rings is 1. The van der Waals surface area contributed by atoms with Crippen LogP contribution in [0.5, 0.6) is 0 Å². The first-order chi connectivity index (χ1) is 13.7. The van der Waals surface area contributed by atoms with Crippen LogP contribution in [0.15, 0.2) is 79.1 Å². The van der Waals surface area contributed by atoms with Gasteiger partial charge in [0.2, 0.25) is 5.91 Å². The zero-order chi connectivity index (χ0) is 19.3. The van der Waals surface area contributed by atoms with Gasteiger partial charge in [0.25, 0.3) is 0 Å². The molecular formula is C24H23N3O. The Hall–Kier alpha value is -3.40. The Kier molecular flexibility index (Phi) is 5.20. The van der Waals surface area contributed by atoms with Crippen molar-refractivity contribution in [2.24, 2.45) is 0 Å². The van der Waals surface area contributed by atoms with Crippen LogP contribution in [-0.2, 0) is 17.8 Å². The molecule has 2 heterocycles. The second kappa shape index (κ2) is 8.09. The number of aromatic nitrogens is 2. The molecule has 1 unspecified atom stereocenters. The van der Waals surface area contributed by atoms with Crippen molar-refractivity contribution < 1.29 is 4.79 Å². The fourth-order valence-corrected chi connectivity index (χ4v) is 3.55. The molecule has 0 saturated heterocycles. The molecule has 4 aromatic rings. The number of carbonyl (C=O) groups is 1. The van der Waals surface area contributed by atoms with E-state index in [1.807, 2.05) is 49.4 Å². The van der Waals surface area contributed by atoms with Gasteiger partial charge in [0.1, 0.15) is 0 Å². The van der Waals surface area contributed by atoms with Crippen molar-refractivity contribution in [3.63, 3.8) is 0 Å². The largest absolute Gasteiger partial charge is 0.359 e. The summed E-state index contributed by atoms with van der Waals surface area (Å²) in [5.74, 6) is -0.199. The monoisotopic (exact) mass is 369 g/mol. The van der Waals surface area contributed by atoms with Gasteiger partial charge in [0.15, 0.2) is 0 Å². The molecule has 0 spiro atoms. The molecule has 1 atom stereocenters. The maximum absolute atomic E-state index is 13.1. The lowest BCUT2D eigenvalue weighted by Crippen LogP contribution is -2.30. The van der Waals surface area contributed by atoms with E-state index < -0.39 is 0 Å². The predicted octanol–water partition coefficient (Wildman–Crippen LogP) is 4.51. The third-order valence-corrected chi connectivity index (χ3v) is 4.99. The number of carbonyl (C=O) groups excluding carboxylic acids is 1. The highest BCUT2D eigenvalue weighted by atomic mass is 16.1. The van der Waals surface area contributed by atoms with Gasteiger partial charge in [-0.15, -0.1) is 0 Å². The zero-order valence-corrected chi connectivity index (χ0v) is 15.9. The molecule has 0 fully saturated rings. The predicted molar refractivity (Wildman–Crippen MR) is 112 cm³/mol. The van der Waals surface area contributed by atoms with Gasteiger partial charge in [-0.1, -0.05) is 36.4 Å². The minimum atomic E-state index is -0.234. The topological polar surface area (TPSA) is 57.8 Å². The van der Waals surface area contributed by atoms with Gasteiger partial charge in [-0.2, -0.15) is 0 Å². The third-order valence-electron chi connectivity index (χ3n) is 4.99.